The van der Waals surface area contributed by atoms with Crippen molar-refractivity contribution in [2.45, 2.75) is 121 Å². The van der Waals surface area contributed by atoms with Gasteiger partial charge in [0.2, 0.25) is 23.6 Å². The minimum atomic E-state index is -2.93. The summed E-state index contributed by atoms with van der Waals surface area (Å²) in [5.74, 6) is -1.82. The number of Topliss-reactive ketones (excluding diaryl/α,β-unsaturated/α-hetero) is 1. The Hall–Kier alpha value is -4.94. The number of allylic oxidation sites excluding steroid dienone is 2. The molecule has 0 aliphatic carbocycles. The number of fused-ring (bicyclic) bond motifs is 1. The van der Waals surface area contributed by atoms with E-state index < -0.39 is 55.8 Å². The van der Waals surface area contributed by atoms with Gasteiger partial charge in [-0.15, -0.1) is 0 Å². The first-order chi connectivity index (χ1) is 26.7. The van der Waals surface area contributed by atoms with Gasteiger partial charge in [0.1, 0.15) is 29.8 Å². The number of ketones is 1. The molecule has 0 radical (unpaired) electrons. The summed E-state index contributed by atoms with van der Waals surface area (Å²) in [5, 5.41) is 10.6. The van der Waals surface area contributed by atoms with Crippen LogP contribution in [0, 0.1) is 0 Å². The molecule has 56 heavy (non-hydrogen) atoms. The molecular formula is C44H57N5O6Si. The average Bonchev–Trinajstić information content (AvgIpc) is 3.69. The van der Waals surface area contributed by atoms with Crippen LogP contribution in [-0.2, 0) is 34.8 Å². The van der Waals surface area contributed by atoms with Crippen molar-refractivity contribution < 1.29 is 28.4 Å². The first-order valence-electron chi connectivity index (χ1n) is 19.8. The van der Waals surface area contributed by atoms with E-state index in [2.05, 4.69) is 66.0 Å². The molecule has 5 atom stereocenters. The molecule has 4 amide bonds. The largest absolute Gasteiger partial charge is 0.398 e. The van der Waals surface area contributed by atoms with Gasteiger partial charge in [-0.3, -0.25) is 29.0 Å². The molecular weight excluding hydrogens is 723 g/mol. The molecule has 3 N–H and O–H groups in total. The highest BCUT2D eigenvalue weighted by Gasteiger charge is 2.51. The highest BCUT2D eigenvalue weighted by molar-refractivity contribution is 6.99. The summed E-state index contributed by atoms with van der Waals surface area (Å²) in [6, 6.07) is 23.0. The van der Waals surface area contributed by atoms with Crippen molar-refractivity contribution in [2.24, 2.45) is 0 Å². The Bertz CT molecular complexity index is 1830. The first-order valence-corrected chi connectivity index (χ1v) is 21.7. The summed E-state index contributed by atoms with van der Waals surface area (Å²) in [5.41, 5.74) is -0.729. The van der Waals surface area contributed by atoms with Gasteiger partial charge in [-0.2, -0.15) is 0 Å². The maximum absolute atomic E-state index is 14.0. The van der Waals surface area contributed by atoms with E-state index in [1.54, 1.807) is 38.3 Å². The number of nitrogens with one attached hydrogen (secondary N) is 3. The molecule has 5 rings (SSSR count). The van der Waals surface area contributed by atoms with E-state index in [9.17, 15) is 24.0 Å². The molecule has 2 aliphatic heterocycles. The molecule has 12 heteroatoms. The standard InChI is InChI=1S/C44H57N5O6Si/c1-7-44(6)42(54)47-36(30-32-20-17-18-28-45-32)41(53)49-29-19-26-37(49)40(52)46-35(39(51)48-44)25-15-10-16-27-38(50)31(2)55-56(43(3,4)5,33-21-11-8-12-22-33)34-23-13-9-14-24-34/h8-14,16-18,20-24,28,31,35-37H,7,15,19,25-27,29-30H2,1-6H3,(H,46,52)(H,47,54)(H,48,51)/t31-,35+,36+,37-,44+/m1/s1. The number of nitrogens with zero attached hydrogens (tertiary/aromatic N) is 2. The number of hydrogen-bond donors (Lipinski definition) is 3. The predicted octanol–water partition coefficient (Wildman–Crippen LogP) is 4.14. The Kier molecular flexibility index (Phi) is 13.8. The molecule has 2 aromatic carbocycles. The highest BCUT2D eigenvalue weighted by atomic mass is 28.4. The molecule has 2 saturated heterocycles. The molecule has 1 aromatic heterocycles. The van der Waals surface area contributed by atoms with E-state index in [-0.39, 0.29) is 42.4 Å². The van der Waals surface area contributed by atoms with Gasteiger partial charge in [0, 0.05) is 31.3 Å². The Labute approximate surface area is 332 Å². The smallest absolute Gasteiger partial charge is 0.262 e. The summed E-state index contributed by atoms with van der Waals surface area (Å²) in [7, 11) is -2.93. The van der Waals surface area contributed by atoms with Gasteiger partial charge in [-0.1, -0.05) is 107 Å². The zero-order valence-corrected chi connectivity index (χ0v) is 34.5. The van der Waals surface area contributed by atoms with Crippen molar-refractivity contribution in [1.29, 1.82) is 0 Å². The van der Waals surface area contributed by atoms with Crippen LogP contribution in [0.3, 0.4) is 0 Å². The number of amides is 4. The second kappa shape index (κ2) is 18.3. The lowest BCUT2D eigenvalue weighted by Crippen LogP contribution is -2.68. The monoisotopic (exact) mass is 779 g/mol. The lowest BCUT2D eigenvalue weighted by Gasteiger charge is -2.44. The minimum Gasteiger partial charge on any atom is -0.398 e. The predicted molar refractivity (Wildman–Crippen MR) is 220 cm³/mol. The number of carbonyl (C=O) groups excluding carboxylic acids is 5. The number of hydrogen-bond acceptors (Lipinski definition) is 7. The average molecular weight is 780 g/mol. The van der Waals surface area contributed by atoms with Crippen molar-refractivity contribution in [3.8, 4) is 0 Å². The van der Waals surface area contributed by atoms with Gasteiger partial charge in [0.25, 0.3) is 8.32 Å². The van der Waals surface area contributed by atoms with E-state index >= 15 is 0 Å². The normalized spacial score (nSPS) is 23.0. The third-order valence-electron chi connectivity index (χ3n) is 11.2. The summed E-state index contributed by atoms with van der Waals surface area (Å²) < 4.78 is 6.99. The second-order valence-electron chi connectivity index (χ2n) is 16.1. The Balaban J connectivity index is 1.28. The Morgan fingerprint density at radius 3 is 2.16 bits per heavy atom. The molecule has 3 aromatic rings. The van der Waals surface area contributed by atoms with E-state index in [1.165, 1.54) is 4.90 Å². The number of aromatic nitrogens is 1. The summed E-state index contributed by atoms with van der Waals surface area (Å²) >= 11 is 0. The van der Waals surface area contributed by atoms with E-state index in [4.69, 9.17) is 4.43 Å². The van der Waals surface area contributed by atoms with Crippen LogP contribution in [0.4, 0.5) is 0 Å². The summed E-state index contributed by atoms with van der Waals surface area (Å²) in [6.07, 6.45) is 6.75. The Morgan fingerprint density at radius 2 is 1.57 bits per heavy atom. The third kappa shape index (κ3) is 9.53. The summed E-state index contributed by atoms with van der Waals surface area (Å²) in [4.78, 5) is 74.9. The van der Waals surface area contributed by atoms with Crippen LogP contribution in [0.5, 0.6) is 0 Å². The second-order valence-corrected chi connectivity index (χ2v) is 20.4. The minimum absolute atomic E-state index is 0.0663. The van der Waals surface area contributed by atoms with Crippen LogP contribution in [-0.4, -0.2) is 83.9 Å². The molecule has 11 nitrogen and oxygen atoms in total. The number of rotatable bonds is 13. The maximum Gasteiger partial charge on any atom is 0.262 e. The van der Waals surface area contributed by atoms with Crippen molar-refractivity contribution in [3.05, 3.63) is 103 Å². The molecule has 3 heterocycles. The lowest BCUT2D eigenvalue weighted by atomic mass is 9.94. The number of pyridine rings is 1. The van der Waals surface area contributed by atoms with Gasteiger partial charge in [0.05, 0.1) is 0 Å². The van der Waals surface area contributed by atoms with Crippen LogP contribution in [0.2, 0.25) is 5.04 Å². The first kappa shape index (κ1) is 42.2. The molecule has 2 aliphatic rings. The zero-order chi connectivity index (χ0) is 40.5. The van der Waals surface area contributed by atoms with Crippen LogP contribution >= 0.6 is 0 Å². The molecule has 2 fully saturated rings. The van der Waals surface area contributed by atoms with E-state index in [0.717, 1.165) is 10.4 Å². The van der Waals surface area contributed by atoms with Gasteiger partial charge >= 0.3 is 0 Å². The topological polar surface area (TPSA) is 147 Å². The molecule has 298 valence electrons. The molecule has 0 saturated carbocycles. The van der Waals surface area contributed by atoms with E-state index in [0.29, 0.717) is 31.5 Å². The van der Waals surface area contributed by atoms with E-state index in [1.807, 2.05) is 55.5 Å². The number of carbonyl (C=O) groups is 5. The van der Waals surface area contributed by atoms with Gasteiger partial charge in [0.15, 0.2) is 5.78 Å². The molecule has 0 unspecified atom stereocenters. The van der Waals surface area contributed by atoms with Crippen molar-refractivity contribution >= 4 is 48.1 Å². The highest BCUT2D eigenvalue weighted by Crippen LogP contribution is 2.37. The fourth-order valence-electron chi connectivity index (χ4n) is 7.72. The van der Waals surface area contributed by atoms with Crippen LogP contribution < -0.4 is 26.3 Å². The van der Waals surface area contributed by atoms with Crippen molar-refractivity contribution in [1.82, 2.24) is 25.8 Å². The molecule has 0 spiro atoms. The quantitative estimate of drug-likeness (QED) is 0.175. The van der Waals surface area contributed by atoms with Crippen molar-refractivity contribution in [2.75, 3.05) is 6.54 Å². The van der Waals surface area contributed by atoms with Crippen LogP contribution in [0.1, 0.15) is 85.8 Å². The third-order valence-corrected chi connectivity index (χ3v) is 16.3. The fraction of sp³-hybridized carbons (Fsp3) is 0.455. The van der Waals surface area contributed by atoms with Crippen LogP contribution in [0.15, 0.2) is 97.2 Å². The lowest BCUT2D eigenvalue weighted by molar-refractivity contribution is -0.144. The fourth-order valence-corrected chi connectivity index (χ4v) is 12.4. The van der Waals surface area contributed by atoms with Crippen LogP contribution in [0.25, 0.3) is 0 Å². The summed E-state index contributed by atoms with van der Waals surface area (Å²) in [6.45, 7) is 12.1. The van der Waals surface area contributed by atoms with Gasteiger partial charge in [-0.25, -0.2) is 0 Å². The molecule has 0 bridgehead atoms. The van der Waals surface area contributed by atoms with Gasteiger partial charge in [-0.05, 0) is 73.5 Å². The zero-order valence-electron chi connectivity index (χ0n) is 33.5. The Morgan fingerprint density at radius 1 is 0.929 bits per heavy atom. The SMILES string of the molecule is CC[C@]1(C)NC(=O)[C@H](CCC=CCC(=O)[C@@H](C)O[Si](c2ccccc2)(c2ccccc2)C(C)(C)C)NC(=O)[C@H]2CCCN2C(=O)[C@H](Cc2ccccn2)NC1=O. The maximum atomic E-state index is 14.0. The van der Waals surface area contributed by atoms with Crippen molar-refractivity contribution in [3.63, 3.8) is 0 Å². The van der Waals surface area contributed by atoms with Gasteiger partial charge < -0.3 is 25.3 Å². The number of benzene rings is 2.